The van der Waals surface area contributed by atoms with Crippen molar-refractivity contribution >= 4 is 5.91 Å². The molecule has 0 saturated heterocycles. The molecule has 0 bridgehead atoms. The summed E-state index contributed by atoms with van der Waals surface area (Å²) in [7, 11) is 1.64. The Morgan fingerprint density at radius 2 is 2.29 bits per heavy atom. The maximum atomic E-state index is 13.3. The molecule has 1 aliphatic heterocycles. The number of benzene rings is 1. The van der Waals surface area contributed by atoms with E-state index in [0.717, 1.165) is 0 Å². The van der Waals surface area contributed by atoms with Crippen LogP contribution >= 0.6 is 0 Å². The molecule has 2 N–H and O–H groups in total. The monoisotopic (exact) mass is 194 g/mol. The molecule has 0 aliphatic carbocycles. The topological polar surface area (TPSA) is 46.3 Å². The third-order valence-electron chi connectivity index (χ3n) is 2.63. The molecule has 2 rings (SSSR count). The van der Waals surface area contributed by atoms with Crippen molar-refractivity contribution in [3.8, 4) is 0 Å². The maximum absolute atomic E-state index is 13.3. The number of likely N-dealkylation sites (N-methyl/N-ethyl adjacent to an activating group) is 1. The van der Waals surface area contributed by atoms with E-state index in [4.69, 9.17) is 5.73 Å². The van der Waals surface area contributed by atoms with E-state index in [-0.39, 0.29) is 17.5 Å². The molecule has 0 fully saturated rings. The Hall–Kier alpha value is -1.42. The lowest BCUT2D eigenvalue weighted by Gasteiger charge is -2.18. The van der Waals surface area contributed by atoms with Crippen LogP contribution in [-0.4, -0.2) is 24.4 Å². The van der Waals surface area contributed by atoms with Crippen LogP contribution in [0, 0.1) is 5.82 Å². The Labute approximate surface area is 81.3 Å². The molecule has 0 spiro atoms. The Bertz CT molecular complexity index is 392. The minimum absolute atomic E-state index is 0.172. The summed E-state index contributed by atoms with van der Waals surface area (Å²) in [5.74, 6) is -0.746. The smallest absolute Gasteiger partial charge is 0.257 e. The number of carbonyl (C=O) groups is 1. The van der Waals surface area contributed by atoms with E-state index in [0.29, 0.717) is 12.1 Å². The molecule has 0 radical (unpaired) electrons. The van der Waals surface area contributed by atoms with Gasteiger partial charge in [0, 0.05) is 13.6 Å². The number of nitrogens with zero attached hydrogens (tertiary/aromatic N) is 1. The number of hydrogen-bond acceptors (Lipinski definition) is 2. The van der Waals surface area contributed by atoms with E-state index >= 15 is 0 Å². The van der Waals surface area contributed by atoms with Gasteiger partial charge in [0.25, 0.3) is 5.91 Å². The van der Waals surface area contributed by atoms with Gasteiger partial charge in [-0.2, -0.15) is 0 Å². The average molecular weight is 194 g/mol. The van der Waals surface area contributed by atoms with Gasteiger partial charge in [-0.05, 0) is 11.6 Å². The van der Waals surface area contributed by atoms with Gasteiger partial charge in [-0.1, -0.05) is 12.1 Å². The maximum Gasteiger partial charge on any atom is 0.257 e. The molecule has 1 amide bonds. The van der Waals surface area contributed by atoms with Crippen LogP contribution in [-0.2, 0) is 0 Å². The van der Waals surface area contributed by atoms with Crippen LogP contribution in [0.4, 0.5) is 4.39 Å². The lowest BCUT2D eigenvalue weighted by atomic mass is 10.0. The molecular weight excluding hydrogens is 183 g/mol. The molecule has 4 heteroatoms. The molecule has 1 aliphatic rings. The fraction of sp³-hybridized carbons (Fsp3) is 0.300. The van der Waals surface area contributed by atoms with E-state index in [1.165, 1.54) is 11.0 Å². The predicted molar refractivity (Wildman–Crippen MR) is 50.3 cm³/mol. The van der Waals surface area contributed by atoms with Gasteiger partial charge in [0.2, 0.25) is 0 Å². The summed E-state index contributed by atoms with van der Waals surface area (Å²) in [6, 6.07) is 4.46. The first-order chi connectivity index (χ1) is 6.66. The van der Waals surface area contributed by atoms with Crippen molar-refractivity contribution in [3.63, 3.8) is 0 Å². The summed E-state index contributed by atoms with van der Waals surface area (Å²) in [4.78, 5) is 13.1. The Kier molecular flexibility index (Phi) is 2.00. The second-order valence-corrected chi connectivity index (χ2v) is 3.37. The number of nitrogens with two attached hydrogens (primary N) is 1. The molecule has 0 aromatic heterocycles. The van der Waals surface area contributed by atoms with E-state index in [1.54, 1.807) is 19.2 Å². The number of fused-ring (bicyclic) bond motifs is 1. The Morgan fingerprint density at radius 3 is 2.93 bits per heavy atom. The SMILES string of the molecule is CN1C(=O)c2c(F)cccc2[C@@H]1CN. The zero-order chi connectivity index (χ0) is 10.3. The normalized spacial score (nSPS) is 20.1. The van der Waals surface area contributed by atoms with Crippen molar-refractivity contribution in [2.75, 3.05) is 13.6 Å². The molecule has 0 saturated carbocycles. The van der Waals surface area contributed by atoms with Crippen LogP contribution < -0.4 is 5.73 Å². The minimum atomic E-state index is -0.463. The van der Waals surface area contributed by atoms with Crippen LogP contribution in [0.2, 0.25) is 0 Å². The fourth-order valence-electron chi connectivity index (χ4n) is 1.86. The Morgan fingerprint density at radius 1 is 1.57 bits per heavy atom. The van der Waals surface area contributed by atoms with Gasteiger partial charge in [-0.15, -0.1) is 0 Å². The van der Waals surface area contributed by atoms with Crippen LogP contribution in [0.15, 0.2) is 18.2 Å². The molecule has 14 heavy (non-hydrogen) atoms. The van der Waals surface area contributed by atoms with Gasteiger partial charge in [-0.3, -0.25) is 4.79 Å². The quantitative estimate of drug-likeness (QED) is 0.722. The number of hydrogen-bond donors (Lipinski definition) is 1. The van der Waals surface area contributed by atoms with Crippen molar-refractivity contribution in [2.45, 2.75) is 6.04 Å². The van der Waals surface area contributed by atoms with E-state index < -0.39 is 5.82 Å². The van der Waals surface area contributed by atoms with Crippen molar-refractivity contribution in [2.24, 2.45) is 5.73 Å². The second-order valence-electron chi connectivity index (χ2n) is 3.37. The highest BCUT2D eigenvalue weighted by molar-refractivity contribution is 5.99. The molecule has 1 aromatic rings. The van der Waals surface area contributed by atoms with E-state index in [2.05, 4.69) is 0 Å². The zero-order valence-corrected chi connectivity index (χ0v) is 7.83. The van der Waals surface area contributed by atoms with Gasteiger partial charge in [-0.25, -0.2) is 4.39 Å². The number of amides is 1. The first-order valence-corrected chi connectivity index (χ1v) is 4.42. The third kappa shape index (κ3) is 1.04. The number of rotatable bonds is 1. The summed E-state index contributed by atoms with van der Waals surface area (Å²) in [6.45, 7) is 0.318. The van der Waals surface area contributed by atoms with Crippen molar-refractivity contribution in [1.82, 2.24) is 4.90 Å². The summed E-state index contributed by atoms with van der Waals surface area (Å²) in [6.07, 6.45) is 0. The van der Waals surface area contributed by atoms with Gasteiger partial charge in [0.15, 0.2) is 0 Å². The van der Waals surface area contributed by atoms with Crippen LogP contribution in [0.25, 0.3) is 0 Å². The number of halogens is 1. The fourth-order valence-corrected chi connectivity index (χ4v) is 1.86. The average Bonchev–Trinajstić information content (AvgIpc) is 2.41. The molecule has 0 unspecified atom stereocenters. The van der Waals surface area contributed by atoms with E-state index in [1.807, 2.05) is 0 Å². The van der Waals surface area contributed by atoms with Gasteiger partial charge >= 0.3 is 0 Å². The van der Waals surface area contributed by atoms with Crippen molar-refractivity contribution in [1.29, 1.82) is 0 Å². The molecular formula is C10H11FN2O. The summed E-state index contributed by atoms with van der Waals surface area (Å²) >= 11 is 0. The molecule has 1 aromatic carbocycles. The van der Waals surface area contributed by atoms with Crippen molar-refractivity contribution < 1.29 is 9.18 Å². The largest absolute Gasteiger partial charge is 0.333 e. The molecule has 1 atom stereocenters. The molecule has 74 valence electrons. The molecule has 1 heterocycles. The lowest BCUT2D eigenvalue weighted by molar-refractivity contribution is 0.0775. The van der Waals surface area contributed by atoms with Gasteiger partial charge < -0.3 is 10.6 Å². The third-order valence-corrected chi connectivity index (χ3v) is 2.63. The van der Waals surface area contributed by atoms with E-state index in [9.17, 15) is 9.18 Å². The summed E-state index contributed by atoms with van der Waals surface area (Å²) < 4.78 is 13.3. The van der Waals surface area contributed by atoms with Gasteiger partial charge in [0.1, 0.15) is 5.82 Å². The first-order valence-electron chi connectivity index (χ1n) is 4.42. The standard InChI is InChI=1S/C10H11FN2O/c1-13-8(5-12)6-3-2-4-7(11)9(6)10(13)14/h2-4,8H,5,12H2,1H3/t8-/m0/s1. The Balaban J connectivity index is 2.61. The zero-order valence-electron chi connectivity index (χ0n) is 7.83. The van der Waals surface area contributed by atoms with Crippen LogP contribution in [0.3, 0.4) is 0 Å². The summed E-state index contributed by atoms with van der Waals surface area (Å²) in [5.41, 5.74) is 6.40. The molecule has 3 nitrogen and oxygen atoms in total. The van der Waals surface area contributed by atoms with Crippen molar-refractivity contribution in [3.05, 3.63) is 35.1 Å². The highest BCUT2D eigenvalue weighted by Gasteiger charge is 2.35. The second kappa shape index (κ2) is 3.06. The lowest BCUT2D eigenvalue weighted by Crippen LogP contribution is -2.28. The van der Waals surface area contributed by atoms with Gasteiger partial charge in [0.05, 0.1) is 11.6 Å². The minimum Gasteiger partial charge on any atom is -0.333 e. The highest BCUT2D eigenvalue weighted by Crippen LogP contribution is 2.32. The first kappa shape index (κ1) is 9.15. The van der Waals surface area contributed by atoms with Crippen LogP contribution in [0.1, 0.15) is 22.0 Å². The highest BCUT2D eigenvalue weighted by atomic mass is 19.1. The predicted octanol–water partition coefficient (Wildman–Crippen LogP) is 0.911. The summed E-state index contributed by atoms with van der Waals surface area (Å²) in [5, 5.41) is 0. The number of carbonyl (C=O) groups excluding carboxylic acids is 1. The van der Waals surface area contributed by atoms with Crippen LogP contribution in [0.5, 0.6) is 0 Å².